The molecular weight excluding hydrogens is 1310 g/mol. The number of cyclic esters (lactones) is 2. The molecule has 0 saturated carbocycles. The van der Waals surface area contributed by atoms with Gasteiger partial charge in [0.1, 0.15) is 84.1 Å². The predicted octanol–water partition coefficient (Wildman–Crippen LogP) is 2.21. The van der Waals surface area contributed by atoms with E-state index in [0.29, 0.717) is 18.4 Å². The highest BCUT2D eigenvalue weighted by Crippen LogP contribution is 2.39. The Morgan fingerprint density at radius 1 is 0.663 bits per heavy atom. The number of esters is 2. The number of nitro groups is 1. The fourth-order valence-corrected chi connectivity index (χ4v) is 13.3. The van der Waals surface area contributed by atoms with E-state index >= 15 is 19.2 Å². The predicted molar refractivity (Wildman–Crippen MR) is 363 cm³/mol. The number of fused-ring (bicyclic) bond motifs is 4. The molecular formula is C69H91N13O19. The largest absolute Gasteiger partial charge is 0.488 e. The summed E-state index contributed by atoms with van der Waals surface area (Å²) in [6.07, 6.45) is -1.96. The zero-order chi connectivity index (χ0) is 74.8. The van der Waals surface area contributed by atoms with Crippen LogP contribution in [0.5, 0.6) is 5.75 Å². The van der Waals surface area contributed by atoms with Crippen molar-refractivity contribution in [2.24, 2.45) is 23.7 Å². The minimum atomic E-state index is -1.95. The summed E-state index contributed by atoms with van der Waals surface area (Å²) in [7, 11) is 5.51. The van der Waals surface area contributed by atoms with Crippen LogP contribution in [0.4, 0.5) is 11.4 Å². The highest BCUT2D eigenvalue weighted by Gasteiger charge is 2.47. The Morgan fingerprint density at radius 3 is 1.53 bits per heavy atom. The number of nitrogen functional groups attached to an aromatic ring is 1. The van der Waals surface area contributed by atoms with Gasteiger partial charge in [-0.15, -0.1) is 0 Å². The van der Waals surface area contributed by atoms with Crippen molar-refractivity contribution in [2.45, 2.75) is 176 Å². The molecule has 5 aliphatic heterocycles. The Labute approximate surface area is 583 Å². The summed E-state index contributed by atoms with van der Waals surface area (Å²) in [6.45, 7) is 17.5. The van der Waals surface area contributed by atoms with E-state index in [1.165, 1.54) is 106 Å². The van der Waals surface area contributed by atoms with E-state index < -0.39 is 207 Å². The van der Waals surface area contributed by atoms with E-state index in [0.717, 1.165) is 9.80 Å². The van der Waals surface area contributed by atoms with E-state index in [9.17, 15) is 53.3 Å². The van der Waals surface area contributed by atoms with E-state index in [1.807, 2.05) is 0 Å². The molecule has 5 heterocycles. The fourth-order valence-electron chi connectivity index (χ4n) is 13.3. The van der Waals surface area contributed by atoms with E-state index in [2.05, 4.69) is 21.3 Å². The molecule has 6 N–H and O–H groups in total. The standard InChI is InChI=1S/C69H91N13O19/c1-31(2)49-66(92)80-25-17-19-42(80)64(90)76(13)28-45(83)78(15)55(33(5)6)68(94)99-37(11)51(62(88)72-49)74-60(86)41-27-44(98-30-39-21-23-40(24-22-39)82(96)97)35(9)58-53(41)71-54-47(48(70)57(85)36(10)59(54)101-58)61(87)75-52-38(12)100-69(95)56(34(7)8)79(16)46(84)29-77(14)65(91)43-20-18-26-81(43)67(93)50(32(3)4)73-63(52)89/h21-24,27,31-34,37-38,42-43,49-52,55-56H,17-20,25-26,28-30,70H2,1-16H3,(H,72,88)(H,73,89)(H,74,86)(H,75,87). The Hall–Kier alpha value is -10.3. The molecule has 8 rings (SSSR count). The van der Waals surface area contributed by atoms with Gasteiger partial charge in [0.2, 0.25) is 52.7 Å². The smallest absolute Gasteiger partial charge is 0.329 e. The topological polar surface area (TPSA) is 412 Å². The van der Waals surface area contributed by atoms with Crippen LogP contribution < -0.4 is 37.2 Å². The average Bonchev–Trinajstić information content (AvgIpc) is 1.36. The van der Waals surface area contributed by atoms with Crippen molar-refractivity contribution in [1.82, 2.24) is 55.7 Å². The lowest BCUT2D eigenvalue weighted by Gasteiger charge is -2.36. The number of rotatable bonds is 12. The Bertz CT molecular complexity index is 4000. The molecule has 10 amide bonds. The number of carbonyl (C=O) groups is 12. The Balaban J connectivity index is 1.29. The Kier molecular flexibility index (Phi) is 23.5. The molecule has 6 aliphatic rings. The number of nitrogens with two attached hydrogens (primary N) is 1. The highest BCUT2D eigenvalue weighted by atomic mass is 16.6. The SMILES string of the molecule is Cc1c2oc3c(C)c(OCc4ccc([N+](=O)[O-])cc4)cc(C(=O)NC4C(=O)NC(C(C)C)C(=O)N5CCCC5C(=O)N(C)CC(=O)N(C)C(C(C)C)C(=O)OC4C)c3nc-2c(C(=O)NC2C(=O)NC(C(C)C)C(=O)N3CCCC3C(=O)N(C)CC(=O)N(C)C(C(C)C)C(=O)OC2C)c(N)c1=O. The van der Waals surface area contributed by atoms with Gasteiger partial charge in [0.05, 0.1) is 34.8 Å². The molecule has 101 heavy (non-hydrogen) atoms. The number of amides is 10. The van der Waals surface area contributed by atoms with Crippen molar-refractivity contribution in [1.29, 1.82) is 0 Å². The van der Waals surface area contributed by atoms with Gasteiger partial charge in [0, 0.05) is 64.5 Å². The molecule has 32 heteroatoms. The van der Waals surface area contributed by atoms with E-state index in [1.54, 1.807) is 55.4 Å². The monoisotopic (exact) mass is 1410 g/mol. The summed E-state index contributed by atoms with van der Waals surface area (Å²) < 4.78 is 24.9. The number of nitrogens with zero attached hydrogens (tertiary/aromatic N) is 8. The zero-order valence-corrected chi connectivity index (χ0v) is 59.7. The summed E-state index contributed by atoms with van der Waals surface area (Å²) in [5, 5.41) is 22.2. The van der Waals surface area contributed by atoms with Gasteiger partial charge < -0.3 is 75.0 Å². The molecule has 10 unspecified atom stereocenters. The van der Waals surface area contributed by atoms with Gasteiger partial charge >= 0.3 is 11.9 Å². The van der Waals surface area contributed by atoms with Gasteiger partial charge in [0.15, 0.2) is 11.3 Å². The van der Waals surface area contributed by atoms with Crippen LogP contribution in [0.25, 0.3) is 22.6 Å². The van der Waals surface area contributed by atoms with Crippen molar-refractivity contribution in [3.63, 3.8) is 0 Å². The first-order valence-electron chi connectivity index (χ1n) is 33.7. The second-order valence-electron chi connectivity index (χ2n) is 27.9. The van der Waals surface area contributed by atoms with Crippen molar-refractivity contribution in [3.05, 3.63) is 78.5 Å². The second-order valence-corrected chi connectivity index (χ2v) is 27.9. The first-order chi connectivity index (χ1) is 47.4. The number of aromatic nitrogens is 1. The van der Waals surface area contributed by atoms with Crippen molar-refractivity contribution >= 4 is 93.5 Å². The van der Waals surface area contributed by atoms with Crippen molar-refractivity contribution in [2.75, 3.05) is 60.1 Å². The molecule has 546 valence electrons. The summed E-state index contributed by atoms with van der Waals surface area (Å²) in [4.78, 5) is 213. The molecule has 0 aromatic heterocycles. The van der Waals surface area contributed by atoms with Gasteiger partial charge in [-0.2, -0.15) is 0 Å². The number of likely N-dealkylation sites (N-methyl/N-ethyl adjacent to an activating group) is 4. The van der Waals surface area contributed by atoms with E-state index in [4.69, 9.17) is 29.3 Å². The first kappa shape index (κ1) is 76.5. The van der Waals surface area contributed by atoms with Crippen molar-refractivity contribution in [3.8, 4) is 17.2 Å². The van der Waals surface area contributed by atoms with Crippen LogP contribution in [0.15, 0.2) is 39.5 Å². The number of aryl methyl sites for hydroxylation is 1. The second kappa shape index (κ2) is 31.1. The third kappa shape index (κ3) is 15.8. The minimum Gasteiger partial charge on any atom is -0.488 e. The van der Waals surface area contributed by atoms with E-state index in [-0.39, 0.29) is 66.4 Å². The summed E-state index contributed by atoms with van der Waals surface area (Å²) in [5.41, 5.74) is 2.67. The lowest BCUT2D eigenvalue weighted by atomic mass is 9.98. The van der Waals surface area contributed by atoms with Crippen LogP contribution in [0.3, 0.4) is 0 Å². The number of nitro benzene ring substituents is 1. The molecule has 4 fully saturated rings. The minimum absolute atomic E-state index is 0.0956. The molecule has 0 spiro atoms. The zero-order valence-electron chi connectivity index (χ0n) is 59.7. The molecule has 10 atom stereocenters. The van der Waals surface area contributed by atoms with Gasteiger partial charge in [-0.3, -0.25) is 62.9 Å². The molecule has 32 nitrogen and oxygen atoms in total. The fraction of sp³-hybridized carbons (Fsp3) is 0.565. The van der Waals surface area contributed by atoms with Gasteiger partial charge in [-0.1, -0.05) is 55.4 Å². The number of anilines is 1. The number of benzene rings is 3. The maximum Gasteiger partial charge on any atom is 0.329 e. The van der Waals surface area contributed by atoms with Crippen LogP contribution >= 0.6 is 0 Å². The van der Waals surface area contributed by atoms with Gasteiger partial charge in [0.25, 0.3) is 17.5 Å². The lowest BCUT2D eigenvalue weighted by Crippen LogP contribution is -2.61. The lowest BCUT2D eigenvalue weighted by molar-refractivity contribution is -0.384. The summed E-state index contributed by atoms with van der Waals surface area (Å²) >= 11 is 0. The molecule has 1 aliphatic carbocycles. The maximum absolute atomic E-state index is 15.7. The van der Waals surface area contributed by atoms with Gasteiger partial charge in [-0.05, 0) is 101 Å². The third-order valence-electron chi connectivity index (χ3n) is 19.2. The third-order valence-corrected chi connectivity index (χ3v) is 19.2. The molecule has 0 radical (unpaired) electrons. The number of hydrogen-bond acceptors (Lipinski definition) is 21. The molecule has 0 bridgehead atoms. The summed E-state index contributed by atoms with van der Waals surface area (Å²) in [6, 6.07) is -4.69. The van der Waals surface area contributed by atoms with Crippen LogP contribution in [0, 0.1) is 47.6 Å². The number of ether oxygens (including phenoxy) is 3. The Morgan fingerprint density at radius 2 is 1.11 bits per heavy atom. The normalized spacial score (nSPS) is 24.6. The summed E-state index contributed by atoms with van der Waals surface area (Å²) in [5.74, 6) is -13.4. The van der Waals surface area contributed by atoms with Crippen LogP contribution in [0.1, 0.15) is 132 Å². The van der Waals surface area contributed by atoms with Crippen LogP contribution in [0.2, 0.25) is 0 Å². The number of carbonyl (C=O) groups excluding carboxylic acids is 12. The molecule has 2 aromatic rings. The van der Waals surface area contributed by atoms with Gasteiger partial charge in [-0.25, -0.2) is 14.6 Å². The number of non-ortho nitro benzene ring substituents is 1. The molecule has 4 saturated heterocycles. The first-order valence-corrected chi connectivity index (χ1v) is 33.7. The van der Waals surface area contributed by atoms with Crippen LogP contribution in [-0.4, -0.2) is 225 Å². The quantitative estimate of drug-likeness (QED) is 0.0446. The average molecular weight is 1410 g/mol. The van der Waals surface area contributed by atoms with Crippen molar-refractivity contribution < 1.29 is 81.1 Å². The number of nitrogens with one attached hydrogen (secondary N) is 4. The highest BCUT2D eigenvalue weighted by molar-refractivity contribution is 6.11. The maximum atomic E-state index is 15.7. The molecule has 2 aromatic carbocycles. The van der Waals surface area contributed by atoms with Crippen LogP contribution in [-0.2, 0) is 64.0 Å². The number of hydrogen-bond donors (Lipinski definition) is 5.